The largest absolute Gasteiger partial charge is 0.481 e. The van der Waals surface area contributed by atoms with E-state index in [9.17, 15) is 14.4 Å². The fraction of sp³-hybridized carbons (Fsp3) is 0.400. The van der Waals surface area contributed by atoms with Crippen LogP contribution in [0.2, 0.25) is 0 Å². The Morgan fingerprint density at radius 3 is 2.52 bits per heavy atom. The van der Waals surface area contributed by atoms with E-state index in [1.165, 1.54) is 0 Å². The van der Waals surface area contributed by atoms with Gasteiger partial charge in [-0.05, 0) is 30.5 Å². The first-order valence-corrected chi connectivity index (χ1v) is 6.82. The summed E-state index contributed by atoms with van der Waals surface area (Å²) in [5.74, 6) is -1.14. The molecule has 0 spiro atoms. The van der Waals surface area contributed by atoms with Crippen molar-refractivity contribution >= 4 is 17.8 Å². The predicted octanol–water partition coefficient (Wildman–Crippen LogP) is 1.31. The first-order valence-electron chi connectivity index (χ1n) is 6.82. The Bertz CT molecular complexity index is 514. The minimum absolute atomic E-state index is 0.0848. The molecule has 0 saturated carbocycles. The SMILES string of the molecule is CNC(=O)c1cccc(CNC(=O)CCCCC(=O)O)c1. The number of nitrogens with one attached hydrogen (secondary N) is 2. The van der Waals surface area contributed by atoms with Gasteiger partial charge in [-0.25, -0.2) is 0 Å². The molecule has 0 unspecified atom stereocenters. The quantitative estimate of drug-likeness (QED) is 0.629. The van der Waals surface area contributed by atoms with Crippen molar-refractivity contribution in [1.29, 1.82) is 0 Å². The highest BCUT2D eigenvalue weighted by molar-refractivity contribution is 5.94. The monoisotopic (exact) mass is 292 g/mol. The van der Waals surface area contributed by atoms with Gasteiger partial charge in [0.2, 0.25) is 5.91 Å². The van der Waals surface area contributed by atoms with Crippen LogP contribution in [-0.4, -0.2) is 29.9 Å². The third-order valence-electron chi connectivity index (χ3n) is 2.95. The Morgan fingerprint density at radius 1 is 1.14 bits per heavy atom. The predicted molar refractivity (Wildman–Crippen MR) is 77.8 cm³/mol. The summed E-state index contributed by atoms with van der Waals surface area (Å²) in [4.78, 5) is 33.4. The summed E-state index contributed by atoms with van der Waals surface area (Å²) in [7, 11) is 1.56. The third-order valence-corrected chi connectivity index (χ3v) is 2.95. The molecule has 1 aromatic rings. The van der Waals surface area contributed by atoms with E-state index < -0.39 is 5.97 Å². The summed E-state index contributed by atoms with van der Waals surface area (Å²) in [6.07, 6.45) is 1.44. The van der Waals surface area contributed by atoms with E-state index >= 15 is 0 Å². The number of carboxylic acid groups (broad SMARTS) is 1. The third kappa shape index (κ3) is 6.56. The Labute approximate surface area is 123 Å². The Hall–Kier alpha value is -2.37. The number of benzene rings is 1. The van der Waals surface area contributed by atoms with Crippen molar-refractivity contribution in [1.82, 2.24) is 10.6 Å². The standard InChI is InChI=1S/C15H20N2O4/c1-16-15(21)12-6-4-5-11(9-12)10-17-13(18)7-2-3-8-14(19)20/h4-6,9H,2-3,7-8,10H2,1H3,(H,16,21)(H,17,18)(H,19,20). The van der Waals surface area contributed by atoms with Crippen molar-refractivity contribution in [2.75, 3.05) is 7.05 Å². The summed E-state index contributed by atoms with van der Waals surface area (Å²) in [5, 5.41) is 13.8. The maximum Gasteiger partial charge on any atom is 0.303 e. The van der Waals surface area contributed by atoms with E-state index in [0.29, 0.717) is 31.4 Å². The van der Waals surface area contributed by atoms with Crippen molar-refractivity contribution < 1.29 is 19.5 Å². The number of unbranched alkanes of at least 4 members (excludes halogenated alkanes) is 1. The van der Waals surface area contributed by atoms with Gasteiger partial charge in [0, 0.05) is 32.0 Å². The molecule has 0 aliphatic heterocycles. The highest BCUT2D eigenvalue weighted by Gasteiger charge is 2.06. The van der Waals surface area contributed by atoms with Crippen molar-refractivity contribution in [2.24, 2.45) is 0 Å². The molecule has 1 rings (SSSR count). The number of carbonyl (C=O) groups is 3. The van der Waals surface area contributed by atoms with E-state index in [0.717, 1.165) is 5.56 Å². The van der Waals surface area contributed by atoms with Crippen LogP contribution in [0.1, 0.15) is 41.6 Å². The molecule has 0 aliphatic carbocycles. The van der Waals surface area contributed by atoms with Crippen LogP contribution in [0.15, 0.2) is 24.3 Å². The number of aliphatic carboxylic acids is 1. The van der Waals surface area contributed by atoms with Gasteiger partial charge < -0.3 is 15.7 Å². The van der Waals surface area contributed by atoms with Crippen molar-refractivity contribution in [3.05, 3.63) is 35.4 Å². The van der Waals surface area contributed by atoms with Gasteiger partial charge in [-0.3, -0.25) is 14.4 Å². The second-order valence-electron chi connectivity index (χ2n) is 4.66. The first-order chi connectivity index (χ1) is 10.0. The molecular formula is C15H20N2O4. The number of hydrogen-bond donors (Lipinski definition) is 3. The maximum atomic E-state index is 11.6. The summed E-state index contributed by atoms with van der Waals surface area (Å²) >= 11 is 0. The van der Waals surface area contributed by atoms with Crippen LogP contribution < -0.4 is 10.6 Å². The number of hydrogen-bond acceptors (Lipinski definition) is 3. The van der Waals surface area contributed by atoms with Crippen LogP contribution in [0.5, 0.6) is 0 Å². The molecule has 6 heteroatoms. The number of amides is 2. The Morgan fingerprint density at radius 2 is 1.86 bits per heavy atom. The van der Waals surface area contributed by atoms with Gasteiger partial charge in [0.15, 0.2) is 0 Å². The lowest BCUT2D eigenvalue weighted by molar-refractivity contribution is -0.137. The smallest absolute Gasteiger partial charge is 0.303 e. The minimum Gasteiger partial charge on any atom is -0.481 e. The molecule has 114 valence electrons. The Kier molecular flexibility index (Phi) is 6.94. The molecule has 0 fully saturated rings. The zero-order valence-electron chi connectivity index (χ0n) is 12.0. The van der Waals surface area contributed by atoms with Crippen LogP contribution in [-0.2, 0) is 16.1 Å². The van der Waals surface area contributed by atoms with Gasteiger partial charge in [-0.2, -0.15) is 0 Å². The molecule has 1 aromatic carbocycles. The molecule has 2 amide bonds. The van der Waals surface area contributed by atoms with E-state index in [2.05, 4.69) is 10.6 Å². The average Bonchev–Trinajstić information content (AvgIpc) is 2.48. The number of rotatable bonds is 8. The summed E-state index contributed by atoms with van der Waals surface area (Å²) < 4.78 is 0. The molecular weight excluding hydrogens is 272 g/mol. The number of carboxylic acids is 1. The fourth-order valence-corrected chi connectivity index (χ4v) is 1.82. The normalized spacial score (nSPS) is 9.95. The van der Waals surface area contributed by atoms with Crippen molar-refractivity contribution in [3.63, 3.8) is 0 Å². The van der Waals surface area contributed by atoms with Gasteiger partial charge in [0.25, 0.3) is 5.91 Å². The van der Waals surface area contributed by atoms with Crippen LogP contribution in [0.25, 0.3) is 0 Å². The molecule has 21 heavy (non-hydrogen) atoms. The van der Waals surface area contributed by atoms with Gasteiger partial charge in [0.05, 0.1) is 0 Å². The molecule has 6 nitrogen and oxygen atoms in total. The second-order valence-corrected chi connectivity index (χ2v) is 4.66. The molecule has 0 saturated heterocycles. The summed E-state index contributed by atoms with van der Waals surface area (Å²) in [6.45, 7) is 0.350. The van der Waals surface area contributed by atoms with Gasteiger partial charge in [0.1, 0.15) is 0 Å². The highest BCUT2D eigenvalue weighted by atomic mass is 16.4. The van der Waals surface area contributed by atoms with Crippen molar-refractivity contribution in [3.8, 4) is 0 Å². The van der Waals surface area contributed by atoms with Gasteiger partial charge >= 0.3 is 5.97 Å². The van der Waals surface area contributed by atoms with Crippen LogP contribution in [0, 0.1) is 0 Å². The second kappa shape index (κ2) is 8.73. The molecule has 0 heterocycles. The molecule has 0 radical (unpaired) electrons. The lowest BCUT2D eigenvalue weighted by atomic mass is 10.1. The molecule has 0 aliphatic rings. The molecule has 3 N–H and O–H groups in total. The van der Waals surface area contributed by atoms with Crippen LogP contribution in [0.3, 0.4) is 0 Å². The molecule has 0 aromatic heterocycles. The zero-order valence-corrected chi connectivity index (χ0v) is 12.0. The topological polar surface area (TPSA) is 95.5 Å². The fourth-order valence-electron chi connectivity index (χ4n) is 1.82. The van der Waals surface area contributed by atoms with E-state index in [-0.39, 0.29) is 18.2 Å². The van der Waals surface area contributed by atoms with E-state index in [4.69, 9.17) is 5.11 Å². The first kappa shape index (κ1) is 16.7. The van der Waals surface area contributed by atoms with Gasteiger partial charge in [-0.1, -0.05) is 12.1 Å². The zero-order chi connectivity index (χ0) is 15.7. The summed E-state index contributed by atoms with van der Waals surface area (Å²) in [5.41, 5.74) is 1.39. The lowest BCUT2D eigenvalue weighted by Crippen LogP contribution is -2.23. The highest BCUT2D eigenvalue weighted by Crippen LogP contribution is 2.06. The Balaban J connectivity index is 2.36. The minimum atomic E-state index is -0.846. The maximum absolute atomic E-state index is 11.6. The summed E-state index contributed by atoms with van der Waals surface area (Å²) in [6, 6.07) is 7.02. The molecule has 0 atom stereocenters. The van der Waals surface area contributed by atoms with E-state index in [1.807, 2.05) is 6.07 Å². The van der Waals surface area contributed by atoms with Crippen molar-refractivity contribution in [2.45, 2.75) is 32.2 Å². The van der Waals surface area contributed by atoms with Crippen LogP contribution in [0.4, 0.5) is 0 Å². The van der Waals surface area contributed by atoms with Gasteiger partial charge in [-0.15, -0.1) is 0 Å². The molecule has 0 bridgehead atoms. The van der Waals surface area contributed by atoms with Crippen LogP contribution >= 0.6 is 0 Å². The average molecular weight is 292 g/mol. The van der Waals surface area contributed by atoms with E-state index in [1.54, 1.807) is 25.2 Å². The lowest BCUT2D eigenvalue weighted by Gasteiger charge is -2.07. The number of carbonyl (C=O) groups excluding carboxylic acids is 2.